The molecular formula is C21H29NO4S. The average molecular weight is 392 g/mol. The fraction of sp³-hybridized carbons (Fsp3) is 0.714. The highest BCUT2D eigenvalue weighted by molar-refractivity contribution is 7.84. The van der Waals surface area contributed by atoms with Crippen LogP contribution >= 0.6 is 0 Å². The molecule has 4 aliphatic carbocycles. The average Bonchev–Trinajstić information content (AvgIpc) is 3.26. The van der Waals surface area contributed by atoms with Gasteiger partial charge in [-0.05, 0) is 90.4 Å². The highest BCUT2D eigenvalue weighted by Crippen LogP contribution is 2.81. The molecule has 0 heterocycles. The standard InChI is InChI=1S/C21H29NO4S/c1-20-9-8-17-16-6-5-15(26-27(24,25)22(2)3)10-13(16)4-7-18(17)21(20)12-14(21)11-19(20)23/h5-6,10,14,17-19,23H,4,7-9,11-12H2,1-3H3/t14-,17?,18?,19+,20-,21+/m1/s1. The van der Waals surface area contributed by atoms with Gasteiger partial charge in [-0.1, -0.05) is 13.0 Å². The van der Waals surface area contributed by atoms with E-state index in [9.17, 15) is 13.5 Å². The smallest absolute Gasteiger partial charge is 0.384 e. The van der Waals surface area contributed by atoms with Crippen LogP contribution in [0.1, 0.15) is 56.1 Å². The van der Waals surface area contributed by atoms with Gasteiger partial charge in [0.25, 0.3) is 0 Å². The van der Waals surface area contributed by atoms with Crippen molar-refractivity contribution < 1.29 is 17.7 Å². The molecule has 0 amide bonds. The predicted octanol–water partition coefficient (Wildman–Crippen LogP) is 3.09. The summed E-state index contributed by atoms with van der Waals surface area (Å²) in [5, 5.41) is 10.7. The third kappa shape index (κ3) is 2.26. The first kappa shape index (κ1) is 18.0. The molecule has 1 spiro atoms. The zero-order valence-electron chi connectivity index (χ0n) is 16.3. The summed E-state index contributed by atoms with van der Waals surface area (Å²) in [5.41, 5.74) is 3.05. The molecule has 148 valence electrons. The quantitative estimate of drug-likeness (QED) is 0.860. The van der Waals surface area contributed by atoms with Gasteiger partial charge in [0.1, 0.15) is 5.75 Å². The Morgan fingerprint density at radius 1 is 1.26 bits per heavy atom. The summed E-state index contributed by atoms with van der Waals surface area (Å²) in [5.74, 6) is 2.31. The molecule has 5 rings (SSSR count). The van der Waals surface area contributed by atoms with Crippen molar-refractivity contribution in [3.63, 3.8) is 0 Å². The zero-order valence-corrected chi connectivity index (χ0v) is 17.1. The van der Waals surface area contributed by atoms with Crippen molar-refractivity contribution in [1.82, 2.24) is 4.31 Å². The minimum atomic E-state index is -3.72. The van der Waals surface area contributed by atoms with Gasteiger partial charge in [0.15, 0.2) is 0 Å². The molecule has 6 atom stereocenters. The second-order valence-electron chi connectivity index (χ2n) is 9.58. The highest BCUT2D eigenvalue weighted by Gasteiger charge is 2.76. The molecule has 1 N–H and O–H groups in total. The van der Waals surface area contributed by atoms with Crippen LogP contribution in [-0.2, 0) is 16.7 Å². The Morgan fingerprint density at radius 3 is 2.78 bits per heavy atom. The Hall–Kier alpha value is -1.11. The number of aliphatic hydroxyl groups is 1. The van der Waals surface area contributed by atoms with E-state index in [0.29, 0.717) is 28.9 Å². The first-order valence-electron chi connectivity index (χ1n) is 10.1. The SMILES string of the molecule is CN(C)S(=O)(=O)Oc1ccc2c(c1)CCC1C2CC[C@]2(C)[C@@H](O)C[C@@H]3C[C@@]132. The third-order valence-electron chi connectivity index (χ3n) is 8.47. The van der Waals surface area contributed by atoms with Gasteiger partial charge in [0, 0.05) is 14.1 Å². The van der Waals surface area contributed by atoms with Crippen molar-refractivity contribution in [2.24, 2.45) is 22.7 Å². The minimum absolute atomic E-state index is 0.0964. The van der Waals surface area contributed by atoms with Gasteiger partial charge in [0.2, 0.25) is 0 Å². The fourth-order valence-electron chi connectivity index (χ4n) is 7.02. The van der Waals surface area contributed by atoms with Crippen LogP contribution in [0.5, 0.6) is 5.75 Å². The Labute approximate surface area is 162 Å². The maximum atomic E-state index is 12.0. The van der Waals surface area contributed by atoms with Crippen LogP contribution in [-0.4, -0.2) is 38.0 Å². The third-order valence-corrected chi connectivity index (χ3v) is 9.77. The number of aryl methyl sites for hydroxylation is 1. The first-order valence-corrected chi connectivity index (χ1v) is 11.5. The van der Waals surface area contributed by atoms with Crippen LogP contribution in [0.2, 0.25) is 0 Å². The van der Waals surface area contributed by atoms with Crippen LogP contribution in [0.3, 0.4) is 0 Å². The molecule has 5 nitrogen and oxygen atoms in total. The van der Waals surface area contributed by atoms with Crippen LogP contribution in [0.15, 0.2) is 18.2 Å². The normalized spacial score (nSPS) is 42.1. The van der Waals surface area contributed by atoms with Gasteiger partial charge in [-0.3, -0.25) is 0 Å². The van der Waals surface area contributed by atoms with Crippen LogP contribution in [0.4, 0.5) is 0 Å². The molecule has 0 saturated heterocycles. The van der Waals surface area contributed by atoms with E-state index in [4.69, 9.17) is 4.18 Å². The monoisotopic (exact) mass is 391 g/mol. The van der Waals surface area contributed by atoms with Gasteiger partial charge < -0.3 is 9.29 Å². The van der Waals surface area contributed by atoms with E-state index < -0.39 is 10.3 Å². The zero-order chi connectivity index (χ0) is 19.2. The van der Waals surface area contributed by atoms with Crippen molar-refractivity contribution in [3.05, 3.63) is 29.3 Å². The lowest BCUT2D eigenvalue weighted by Crippen LogP contribution is -2.47. The minimum Gasteiger partial charge on any atom is -0.393 e. The lowest BCUT2D eigenvalue weighted by Gasteiger charge is -2.52. The lowest BCUT2D eigenvalue weighted by molar-refractivity contribution is -0.0558. The summed E-state index contributed by atoms with van der Waals surface area (Å²) in [6.45, 7) is 2.33. The summed E-state index contributed by atoms with van der Waals surface area (Å²) in [6.07, 6.45) is 6.47. The predicted molar refractivity (Wildman–Crippen MR) is 103 cm³/mol. The van der Waals surface area contributed by atoms with Gasteiger partial charge in [-0.25, -0.2) is 0 Å². The molecular weight excluding hydrogens is 362 g/mol. The largest absolute Gasteiger partial charge is 0.393 e. The van der Waals surface area contributed by atoms with Crippen LogP contribution in [0.25, 0.3) is 0 Å². The second kappa shape index (κ2) is 5.49. The molecule has 1 aromatic rings. The number of hydrogen-bond acceptors (Lipinski definition) is 4. The van der Waals surface area contributed by atoms with Crippen molar-refractivity contribution in [1.29, 1.82) is 0 Å². The van der Waals surface area contributed by atoms with E-state index in [1.54, 1.807) is 0 Å². The summed E-state index contributed by atoms with van der Waals surface area (Å²) < 4.78 is 30.4. The van der Waals surface area contributed by atoms with E-state index in [2.05, 4.69) is 13.0 Å². The Morgan fingerprint density at radius 2 is 2.04 bits per heavy atom. The number of aliphatic hydroxyl groups excluding tert-OH is 1. The van der Waals surface area contributed by atoms with Gasteiger partial charge in [-0.2, -0.15) is 12.7 Å². The van der Waals surface area contributed by atoms with E-state index in [0.717, 1.165) is 36.4 Å². The summed E-state index contributed by atoms with van der Waals surface area (Å²) in [4.78, 5) is 0. The van der Waals surface area contributed by atoms with E-state index in [1.165, 1.54) is 31.6 Å². The Balaban J connectivity index is 1.46. The first-order chi connectivity index (χ1) is 12.7. The molecule has 0 aliphatic heterocycles. The van der Waals surface area contributed by atoms with Crippen molar-refractivity contribution in [3.8, 4) is 5.75 Å². The number of benzene rings is 1. The molecule has 6 heteroatoms. The Kier molecular flexibility index (Phi) is 3.65. The second-order valence-corrected chi connectivity index (χ2v) is 11.3. The lowest BCUT2D eigenvalue weighted by atomic mass is 9.52. The summed E-state index contributed by atoms with van der Waals surface area (Å²) in [7, 11) is -0.783. The van der Waals surface area contributed by atoms with Crippen molar-refractivity contribution >= 4 is 10.3 Å². The number of hydrogen-bond donors (Lipinski definition) is 1. The summed E-state index contributed by atoms with van der Waals surface area (Å²) >= 11 is 0. The van der Waals surface area contributed by atoms with Crippen molar-refractivity contribution in [2.45, 2.75) is 57.5 Å². The van der Waals surface area contributed by atoms with Crippen LogP contribution in [0, 0.1) is 22.7 Å². The molecule has 2 unspecified atom stereocenters. The van der Waals surface area contributed by atoms with Crippen LogP contribution < -0.4 is 4.18 Å². The van der Waals surface area contributed by atoms with Crippen molar-refractivity contribution in [2.75, 3.05) is 14.1 Å². The number of nitrogens with zero attached hydrogens (tertiary/aromatic N) is 1. The maximum Gasteiger partial charge on any atom is 0.384 e. The van der Waals surface area contributed by atoms with Gasteiger partial charge >= 0.3 is 10.3 Å². The summed E-state index contributed by atoms with van der Waals surface area (Å²) in [6, 6.07) is 5.82. The molecule has 1 aromatic carbocycles. The molecule has 0 bridgehead atoms. The van der Waals surface area contributed by atoms with E-state index >= 15 is 0 Å². The topological polar surface area (TPSA) is 66.8 Å². The molecule has 0 aromatic heterocycles. The Bertz CT molecular complexity index is 897. The molecule has 3 saturated carbocycles. The van der Waals surface area contributed by atoms with Gasteiger partial charge in [-0.15, -0.1) is 0 Å². The maximum absolute atomic E-state index is 12.0. The molecule has 4 aliphatic rings. The molecule has 3 fully saturated rings. The van der Waals surface area contributed by atoms with E-state index in [-0.39, 0.29) is 11.5 Å². The fourth-order valence-corrected chi connectivity index (χ4v) is 7.52. The molecule has 0 radical (unpaired) electrons. The molecule has 27 heavy (non-hydrogen) atoms. The van der Waals surface area contributed by atoms with E-state index in [1.807, 2.05) is 12.1 Å². The number of rotatable bonds is 3. The van der Waals surface area contributed by atoms with Gasteiger partial charge in [0.05, 0.1) is 6.10 Å². The number of fused-ring (bicyclic) bond motifs is 3. The highest BCUT2D eigenvalue weighted by atomic mass is 32.2.